The first-order valence-electron chi connectivity index (χ1n) is 12.7. The van der Waals surface area contributed by atoms with Crippen LogP contribution in [0.5, 0.6) is 0 Å². The molecule has 0 radical (unpaired) electrons. The molecule has 0 amide bonds. The fraction of sp³-hybridized carbons (Fsp3) is 0.815. The quantitative estimate of drug-likeness (QED) is 0.107. The lowest BCUT2D eigenvalue weighted by atomic mass is 10.0. The molecule has 0 bridgehead atoms. The summed E-state index contributed by atoms with van der Waals surface area (Å²) in [6.07, 6.45) is 28.0. The standard InChI is InChI=1S/C27H51NO2/c1-5-7-8-9-10-11-12-13-14-15-16-17-18-19-20-21-23-26(6-2)30-27(29)24-22-25-28(3)4/h10-11,13-14,26H,5-9,12,15-25H2,1-4H3/b11-10-,14-13-. The average Bonchev–Trinajstić information content (AvgIpc) is 2.72. The molecule has 0 aliphatic carbocycles. The lowest BCUT2D eigenvalue weighted by Gasteiger charge is -2.16. The number of hydrogen-bond donors (Lipinski definition) is 0. The molecule has 0 saturated carbocycles. The molecule has 0 fully saturated rings. The van der Waals surface area contributed by atoms with E-state index in [1.807, 2.05) is 14.1 Å². The molecule has 1 unspecified atom stereocenters. The molecule has 0 aliphatic rings. The van der Waals surface area contributed by atoms with Crippen molar-refractivity contribution in [3.05, 3.63) is 24.3 Å². The zero-order valence-electron chi connectivity index (χ0n) is 20.7. The summed E-state index contributed by atoms with van der Waals surface area (Å²) in [5.74, 6) is -0.0243. The van der Waals surface area contributed by atoms with Gasteiger partial charge in [0, 0.05) is 6.42 Å². The van der Waals surface area contributed by atoms with Crippen LogP contribution in [0.4, 0.5) is 0 Å². The van der Waals surface area contributed by atoms with Crippen molar-refractivity contribution < 1.29 is 9.53 Å². The Morgan fingerprint density at radius 1 is 0.800 bits per heavy atom. The Labute approximate surface area is 188 Å². The first kappa shape index (κ1) is 28.9. The third kappa shape index (κ3) is 21.6. The van der Waals surface area contributed by atoms with Crippen LogP contribution < -0.4 is 0 Å². The van der Waals surface area contributed by atoms with Crippen LogP contribution in [-0.2, 0) is 9.53 Å². The number of ether oxygens (including phenoxy) is 1. The van der Waals surface area contributed by atoms with Crippen molar-refractivity contribution in [1.82, 2.24) is 4.90 Å². The molecule has 0 aromatic heterocycles. The van der Waals surface area contributed by atoms with E-state index in [1.54, 1.807) is 0 Å². The number of rotatable bonds is 21. The van der Waals surface area contributed by atoms with Gasteiger partial charge in [0.25, 0.3) is 0 Å². The summed E-state index contributed by atoms with van der Waals surface area (Å²) >= 11 is 0. The highest BCUT2D eigenvalue weighted by atomic mass is 16.5. The molecule has 1 atom stereocenters. The van der Waals surface area contributed by atoms with Gasteiger partial charge in [-0.2, -0.15) is 0 Å². The third-order valence-corrected chi connectivity index (χ3v) is 5.47. The summed E-state index contributed by atoms with van der Waals surface area (Å²) in [4.78, 5) is 14.0. The molecule has 0 aromatic rings. The minimum atomic E-state index is -0.0243. The number of esters is 1. The lowest BCUT2D eigenvalue weighted by molar-refractivity contribution is -0.149. The Morgan fingerprint density at radius 2 is 1.40 bits per heavy atom. The van der Waals surface area contributed by atoms with Gasteiger partial charge in [-0.3, -0.25) is 4.79 Å². The van der Waals surface area contributed by atoms with E-state index in [4.69, 9.17) is 4.74 Å². The highest BCUT2D eigenvalue weighted by Gasteiger charge is 2.12. The van der Waals surface area contributed by atoms with E-state index in [2.05, 4.69) is 43.1 Å². The second kappa shape index (κ2) is 22.6. The fourth-order valence-electron chi connectivity index (χ4n) is 3.49. The summed E-state index contributed by atoms with van der Waals surface area (Å²) in [6, 6.07) is 0. The van der Waals surface area contributed by atoms with E-state index in [-0.39, 0.29) is 12.1 Å². The average molecular weight is 422 g/mol. The molecule has 0 aromatic carbocycles. The Balaban J connectivity index is 3.50. The highest BCUT2D eigenvalue weighted by Crippen LogP contribution is 2.14. The molecular weight excluding hydrogens is 370 g/mol. The maximum Gasteiger partial charge on any atom is 0.306 e. The van der Waals surface area contributed by atoms with Gasteiger partial charge in [0.2, 0.25) is 0 Å². The van der Waals surface area contributed by atoms with Crippen LogP contribution in [0, 0.1) is 0 Å². The molecule has 0 N–H and O–H groups in total. The molecule has 0 aliphatic heterocycles. The normalized spacial score (nSPS) is 13.0. The molecule has 0 saturated heterocycles. The minimum absolute atomic E-state index is 0.0243. The van der Waals surface area contributed by atoms with Crippen molar-refractivity contribution in [1.29, 1.82) is 0 Å². The second-order valence-electron chi connectivity index (χ2n) is 8.80. The van der Waals surface area contributed by atoms with E-state index >= 15 is 0 Å². The molecule has 0 heterocycles. The van der Waals surface area contributed by atoms with Crippen LogP contribution in [-0.4, -0.2) is 37.6 Å². The fourth-order valence-corrected chi connectivity index (χ4v) is 3.49. The zero-order valence-corrected chi connectivity index (χ0v) is 20.7. The van der Waals surface area contributed by atoms with E-state index in [1.165, 1.54) is 70.6 Å². The zero-order chi connectivity index (χ0) is 22.3. The van der Waals surface area contributed by atoms with E-state index < -0.39 is 0 Å². The van der Waals surface area contributed by atoms with E-state index in [9.17, 15) is 4.79 Å². The van der Waals surface area contributed by atoms with Gasteiger partial charge in [-0.25, -0.2) is 0 Å². The number of carbonyl (C=O) groups is 1. The van der Waals surface area contributed by atoms with Crippen LogP contribution in [0.25, 0.3) is 0 Å². The topological polar surface area (TPSA) is 29.5 Å². The van der Waals surface area contributed by atoms with Crippen LogP contribution in [0.1, 0.15) is 117 Å². The monoisotopic (exact) mass is 421 g/mol. The van der Waals surface area contributed by atoms with Crippen molar-refractivity contribution in [3.8, 4) is 0 Å². The number of unbranched alkanes of at least 4 members (excludes halogenated alkanes) is 9. The first-order valence-corrected chi connectivity index (χ1v) is 12.7. The van der Waals surface area contributed by atoms with Crippen LogP contribution in [0.2, 0.25) is 0 Å². The van der Waals surface area contributed by atoms with Crippen LogP contribution >= 0.6 is 0 Å². The van der Waals surface area contributed by atoms with Gasteiger partial charge in [0.05, 0.1) is 0 Å². The largest absolute Gasteiger partial charge is 0.462 e. The second-order valence-corrected chi connectivity index (χ2v) is 8.80. The Kier molecular flexibility index (Phi) is 21.8. The number of carbonyl (C=O) groups excluding carboxylic acids is 1. The van der Waals surface area contributed by atoms with Crippen molar-refractivity contribution >= 4 is 5.97 Å². The first-order chi connectivity index (χ1) is 14.6. The lowest BCUT2D eigenvalue weighted by Crippen LogP contribution is -2.19. The summed E-state index contributed by atoms with van der Waals surface area (Å²) in [6.45, 7) is 5.31. The number of nitrogens with zero attached hydrogens (tertiary/aromatic N) is 1. The summed E-state index contributed by atoms with van der Waals surface area (Å²) in [7, 11) is 4.07. The molecule has 176 valence electrons. The Morgan fingerprint density at radius 3 is 2.00 bits per heavy atom. The van der Waals surface area contributed by atoms with Crippen LogP contribution in [0.3, 0.4) is 0 Å². The Hall–Kier alpha value is -1.09. The molecule has 3 heteroatoms. The molecule has 30 heavy (non-hydrogen) atoms. The van der Waals surface area contributed by atoms with Crippen molar-refractivity contribution in [2.24, 2.45) is 0 Å². The molecule has 0 rings (SSSR count). The van der Waals surface area contributed by atoms with Gasteiger partial charge in [-0.15, -0.1) is 0 Å². The Bertz CT molecular complexity index is 429. The smallest absolute Gasteiger partial charge is 0.306 e. The predicted molar refractivity (Wildman–Crippen MR) is 132 cm³/mol. The highest BCUT2D eigenvalue weighted by molar-refractivity contribution is 5.69. The van der Waals surface area contributed by atoms with Gasteiger partial charge < -0.3 is 9.64 Å². The number of allylic oxidation sites excluding steroid dienone is 4. The SMILES string of the molecule is CCCCC/C=C\C/C=C\CCCCCCCCC(CC)OC(=O)CCCN(C)C. The predicted octanol–water partition coefficient (Wildman–Crippen LogP) is 7.85. The van der Waals surface area contributed by atoms with Crippen molar-refractivity contribution in [2.45, 2.75) is 123 Å². The molecular formula is C27H51NO2. The third-order valence-electron chi connectivity index (χ3n) is 5.47. The molecule has 3 nitrogen and oxygen atoms in total. The van der Waals surface area contributed by atoms with Gasteiger partial charge in [-0.05, 0) is 78.4 Å². The maximum atomic E-state index is 11.9. The summed E-state index contributed by atoms with van der Waals surface area (Å²) < 4.78 is 5.64. The van der Waals surface area contributed by atoms with Crippen LogP contribution in [0.15, 0.2) is 24.3 Å². The van der Waals surface area contributed by atoms with Crippen molar-refractivity contribution in [3.63, 3.8) is 0 Å². The van der Waals surface area contributed by atoms with E-state index in [0.717, 1.165) is 32.2 Å². The molecule has 0 spiro atoms. The van der Waals surface area contributed by atoms with Gasteiger partial charge >= 0.3 is 5.97 Å². The van der Waals surface area contributed by atoms with E-state index in [0.29, 0.717) is 6.42 Å². The summed E-state index contributed by atoms with van der Waals surface area (Å²) in [5.41, 5.74) is 0. The maximum absolute atomic E-state index is 11.9. The van der Waals surface area contributed by atoms with Gasteiger partial charge in [-0.1, -0.05) is 76.7 Å². The number of hydrogen-bond acceptors (Lipinski definition) is 3. The van der Waals surface area contributed by atoms with Crippen molar-refractivity contribution in [2.75, 3.05) is 20.6 Å². The van der Waals surface area contributed by atoms with Gasteiger partial charge in [0.15, 0.2) is 0 Å². The van der Waals surface area contributed by atoms with Gasteiger partial charge in [0.1, 0.15) is 6.10 Å². The summed E-state index contributed by atoms with van der Waals surface area (Å²) in [5, 5.41) is 0. The minimum Gasteiger partial charge on any atom is -0.462 e.